The van der Waals surface area contributed by atoms with Gasteiger partial charge in [0, 0.05) is 18.2 Å². The van der Waals surface area contributed by atoms with E-state index >= 15 is 0 Å². The topological polar surface area (TPSA) is 56.8 Å². The first-order valence-electron chi connectivity index (χ1n) is 10.7. The van der Waals surface area contributed by atoms with Crippen molar-refractivity contribution in [1.82, 2.24) is 5.32 Å². The Kier molecular flexibility index (Phi) is 7.97. The molecule has 0 heterocycles. The van der Waals surface area contributed by atoms with Crippen LogP contribution in [0.5, 0.6) is 5.75 Å². The van der Waals surface area contributed by atoms with Crippen molar-refractivity contribution in [3.05, 3.63) is 53.8 Å². The quantitative estimate of drug-likeness (QED) is 0.312. The van der Waals surface area contributed by atoms with E-state index in [0.717, 1.165) is 6.42 Å². The van der Waals surface area contributed by atoms with Crippen LogP contribution in [-0.2, 0) is 14.3 Å². The second kappa shape index (κ2) is 10.5. The maximum Gasteiger partial charge on any atom is 0.407 e. The van der Waals surface area contributed by atoms with Crippen LogP contribution in [-0.4, -0.2) is 38.7 Å². The number of hydrogen-bond donors (Lipinski definition) is 1. The smallest absolute Gasteiger partial charge is 0.407 e. The number of carbonyl (C=O) groups is 1. The van der Waals surface area contributed by atoms with Gasteiger partial charge in [-0.2, -0.15) is 13.2 Å². The molecule has 0 aromatic heterocycles. The molecule has 0 spiro atoms. The highest BCUT2D eigenvalue weighted by Crippen LogP contribution is 2.41. The molecule has 0 amide bonds. The molecule has 1 aliphatic rings. The van der Waals surface area contributed by atoms with Crippen molar-refractivity contribution in [1.29, 1.82) is 0 Å². The molecule has 5 nitrogen and oxygen atoms in total. The zero-order chi connectivity index (χ0) is 24.1. The predicted octanol–water partition coefficient (Wildman–Crippen LogP) is 5.54. The van der Waals surface area contributed by atoms with Crippen molar-refractivity contribution >= 4 is 5.97 Å². The van der Waals surface area contributed by atoms with Gasteiger partial charge in [-0.1, -0.05) is 49.6 Å². The van der Waals surface area contributed by atoms with E-state index in [0.29, 0.717) is 12.8 Å². The van der Waals surface area contributed by atoms with Crippen LogP contribution in [0.15, 0.2) is 42.5 Å². The van der Waals surface area contributed by atoms with Gasteiger partial charge in [0.2, 0.25) is 0 Å². The number of methoxy groups -OCH3 is 2. The largest absolute Gasteiger partial charge is 0.468 e. The van der Waals surface area contributed by atoms with Crippen LogP contribution in [0.1, 0.15) is 43.7 Å². The van der Waals surface area contributed by atoms with Gasteiger partial charge < -0.3 is 14.2 Å². The summed E-state index contributed by atoms with van der Waals surface area (Å²) in [6.07, 6.45) is -2.17. The fourth-order valence-corrected chi connectivity index (χ4v) is 4.25. The fourth-order valence-electron chi connectivity index (χ4n) is 4.25. The molecule has 1 N–H and O–H groups in total. The third-order valence-corrected chi connectivity index (χ3v) is 5.87. The average molecular weight is 469 g/mol. The zero-order valence-electron chi connectivity index (χ0n) is 18.5. The van der Waals surface area contributed by atoms with Gasteiger partial charge in [0.1, 0.15) is 23.1 Å². The van der Waals surface area contributed by atoms with E-state index in [1.807, 2.05) is 0 Å². The summed E-state index contributed by atoms with van der Waals surface area (Å²) in [7, 11) is 2.54. The number of carbonyl (C=O) groups excluding carboxylic acids is 1. The first-order valence-corrected chi connectivity index (χ1v) is 10.7. The standard InChI is InChI=1S/C24H27F4NO4/c1-31-15-33-20-14-16(10-11-18(20)17-8-4-5-9-19(17)25)21(24(26,27)28)29-23(22(30)32-2)12-6-3-7-13-23/h4-5,8-11,14,21,29H,3,6-7,12-13,15H2,1-2H3. The minimum Gasteiger partial charge on any atom is -0.468 e. The normalized spacial score (nSPS) is 16.8. The van der Waals surface area contributed by atoms with Gasteiger partial charge in [0.25, 0.3) is 0 Å². The first-order chi connectivity index (χ1) is 15.7. The number of hydrogen-bond acceptors (Lipinski definition) is 5. The maximum absolute atomic E-state index is 14.4. The van der Waals surface area contributed by atoms with Crippen LogP contribution in [0.2, 0.25) is 0 Å². The van der Waals surface area contributed by atoms with Crippen LogP contribution in [0, 0.1) is 5.82 Å². The molecule has 180 valence electrons. The van der Waals surface area contributed by atoms with Crippen LogP contribution in [0.3, 0.4) is 0 Å². The molecule has 1 fully saturated rings. The van der Waals surface area contributed by atoms with Gasteiger partial charge in [0.15, 0.2) is 6.79 Å². The van der Waals surface area contributed by atoms with Crippen molar-refractivity contribution in [2.75, 3.05) is 21.0 Å². The molecule has 0 aliphatic heterocycles. The molecular weight excluding hydrogens is 442 g/mol. The van der Waals surface area contributed by atoms with E-state index in [1.54, 1.807) is 6.07 Å². The number of esters is 1. The molecule has 3 rings (SSSR count). The Morgan fingerprint density at radius 1 is 1.06 bits per heavy atom. The van der Waals surface area contributed by atoms with Gasteiger partial charge in [-0.05, 0) is 30.5 Å². The lowest BCUT2D eigenvalue weighted by Crippen LogP contribution is -2.57. The Morgan fingerprint density at radius 3 is 2.36 bits per heavy atom. The first kappa shape index (κ1) is 25.0. The van der Waals surface area contributed by atoms with Crippen molar-refractivity contribution in [3.63, 3.8) is 0 Å². The van der Waals surface area contributed by atoms with Crippen LogP contribution in [0.25, 0.3) is 11.1 Å². The van der Waals surface area contributed by atoms with E-state index in [4.69, 9.17) is 14.2 Å². The summed E-state index contributed by atoms with van der Waals surface area (Å²) < 4.78 is 72.3. The van der Waals surface area contributed by atoms with Crippen LogP contribution >= 0.6 is 0 Å². The highest BCUT2D eigenvalue weighted by molar-refractivity contribution is 5.81. The third-order valence-electron chi connectivity index (χ3n) is 5.87. The monoisotopic (exact) mass is 469 g/mol. The molecule has 2 aromatic carbocycles. The van der Waals surface area contributed by atoms with Crippen molar-refractivity contribution < 1.29 is 36.6 Å². The summed E-state index contributed by atoms with van der Waals surface area (Å²) in [6.45, 7) is -0.235. The van der Waals surface area contributed by atoms with Gasteiger partial charge in [-0.15, -0.1) is 0 Å². The molecule has 0 saturated heterocycles. The summed E-state index contributed by atoms with van der Waals surface area (Å²) in [4.78, 5) is 12.5. The molecule has 2 aromatic rings. The molecule has 9 heteroatoms. The number of halogens is 4. The highest BCUT2D eigenvalue weighted by Gasteiger charge is 2.49. The number of rotatable bonds is 8. The summed E-state index contributed by atoms with van der Waals surface area (Å²) in [5, 5.41) is 2.57. The van der Waals surface area contributed by atoms with E-state index in [9.17, 15) is 22.4 Å². The summed E-state index contributed by atoms with van der Waals surface area (Å²) in [5.41, 5.74) is -1.13. The fraction of sp³-hybridized carbons (Fsp3) is 0.458. The molecular formula is C24H27F4NO4. The van der Waals surface area contributed by atoms with E-state index in [1.165, 1.54) is 50.6 Å². The molecule has 1 atom stereocenters. The predicted molar refractivity (Wildman–Crippen MR) is 114 cm³/mol. The summed E-state index contributed by atoms with van der Waals surface area (Å²) >= 11 is 0. The summed E-state index contributed by atoms with van der Waals surface area (Å²) in [5.74, 6) is -1.22. The SMILES string of the molecule is COCOc1cc(C(NC2(C(=O)OC)CCCCC2)C(F)(F)F)ccc1-c1ccccc1F. The maximum atomic E-state index is 14.4. The second-order valence-corrected chi connectivity index (χ2v) is 8.04. The molecule has 1 saturated carbocycles. The number of ether oxygens (including phenoxy) is 3. The van der Waals surface area contributed by atoms with Crippen LogP contribution in [0.4, 0.5) is 17.6 Å². The van der Waals surface area contributed by atoms with Crippen LogP contribution < -0.4 is 10.1 Å². The van der Waals surface area contributed by atoms with Gasteiger partial charge in [0.05, 0.1) is 7.11 Å². The number of alkyl halides is 3. The van der Waals surface area contributed by atoms with Gasteiger partial charge in [-0.3, -0.25) is 10.1 Å². The Labute approximate surface area is 190 Å². The lowest BCUT2D eigenvalue weighted by atomic mass is 9.80. The van der Waals surface area contributed by atoms with Crippen molar-refractivity contribution in [3.8, 4) is 16.9 Å². The molecule has 0 radical (unpaired) electrons. The minimum absolute atomic E-state index is 0.0336. The third kappa shape index (κ3) is 5.65. The average Bonchev–Trinajstić information content (AvgIpc) is 2.81. The number of nitrogens with one attached hydrogen (secondary N) is 1. The van der Waals surface area contributed by atoms with E-state index in [2.05, 4.69) is 5.32 Å². The van der Waals surface area contributed by atoms with E-state index < -0.39 is 29.5 Å². The Balaban J connectivity index is 2.06. The van der Waals surface area contributed by atoms with Gasteiger partial charge in [-0.25, -0.2) is 4.39 Å². The lowest BCUT2D eigenvalue weighted by molar-refractivity contribution is -0.172. The molecule has 33 heavy (non-hydrogen) atoms. The minimum atomic E-state index is -4.71. The zero-order valence-corrected chi connectivity index (χ0v) is 18.5. The lowest BCUT2D eigenvalue weighted by Gasteiger charge is -2.39. The second-order valence-electron chi connectivity index (χ2n) is 8.04. The van der Waals surface area contributed by atoms with E-state index in [-0.39, 0.29) is 42.1 Å². The molecule has 1 unspecified atom stereocenters. The number of benzene rings is 2. The van der Waals surface area contributed by atoms with Crippen molar-refractivity contribution in [2.45, 2.75) is 49.9 Å². The Hall–Kier alpha value is -2.65. The van der Waals surface area contributed by atoms with Gasteiger partial charge >= 0.3 is 12.1 Å². The Morgan fingerprint density at radius 2 is 1.76 bits per heavy atom. The summed E-state index contributed by atoms with van der Waals surface area (Å²) in [6, 6.07) is 7.60. The molecule has 1 aliphatic carbocycles. The Bertz CT molecular complexity index is 958. The molecule has 0 bridgehead atoms. The van der Waals surface area contributed by atoms with Crippen molar-refractivity contribution in [2.24, 2.45) is 0 Å². The highest BCUT2D eigenvalue weighted by atomic mass is 19.4.